The number of benzene rings is 1. The first-order chi connectivity index (χ1) is 15.2. The SMILES string of the molecule is O=C(CSc1nnc(-c2ccccc2Cl)n1C1CCCC1)N1CCCC2CCCCC21. The van der Waals surface area contributed by atoms with Gasteiger partial charge in [0.1, 0.15) is 0 Å². The molecule has 1 amide bonds. The first-order valence-corrected chi connectivity index (χ1v) is 13.2. The first-order valence-electron chi connectivity index (χ1n) is 11.8. The molecule has 166 valence electrons. The number of aromatic nitrogens is 3. The number of hydrogen-bond acceptors (Lipinski definition) is 4. The van der Waals surface area contributed by atoms with Gasteiger partial charge in [-0.25, -0.2) is 0 Å². The maximum absolute atomic E-state index is 13.2. The van der Waals surface area contributed by atoms with Gasteiger partial charge in [-0.3, -0.25) is 9.36 Å². The van der Waals surface area contributed by atoms with E-state index in [9.17, 15) is 4.79 Å². The molecule has 0 spiro atoms. The van der Waals surface area contributed by atoms with Crippen molar-refractivity contribution in [2.45, 2.75) is 81.4 Å². The van der Waals surface area contributed by atoms with E-state index in [4.69, 9.17) is 11.6 Å². The third kappa shape index (κ3) is 4.38. The summed E-state index contributed by atoms with van der Waals surface area (Å²) in [4.78, 5) is 15.4. The van der Waals surface area contributed by atoms with Gasteiger partial charge in [0.2, 0.25) is 5.91 Å². The van der Waals surface area contributed by atoms with Gasteiger partial charge in [0.05, 0.1) is 10.8 Å². The summed E-state index contributed by atoms with van der Waals surface area (Å²) in [7, 11) is 0. The molecule has 2 aromatic rings. The fraction of sp³-hybridized carbons (Fsp3) is 0.625. The van der Waals surface area contributed by atoms with Crippen LogP contribution < -0.4 is 0 Å². The molecule has 1 aromatic carbocycles. The lowest BCUT2D eigenvalue weighted by Gasteiger charge is -2.44. The fourth-order valence-electron chi connectivity index (χ4n) is 5.84. The molecule has 3 aliphatic rings. The Morgan fingerprint density at radius 2 is 1.74 bits per heavy atom. The summed E-state index contributed by atoms with van der Waals surface area (Å²) in [5.41, 5.74) is 0.919. The van der Waals surface area contributed by atoms with Crippen LogP contribution in [0.3, 0.4) is 0 Å². The molecule has 1 aromatic heterocycles. The van der Waals surface area contributed by atoms with Crippen molar-refractivity contribution in [1.82, 2.24) is 19.7 Å². The zero-order chi connectivity index (χ0) is 21.2. The number of piperidine rings is 1. The molecule has 2 heterocycles. The fourth-order valence-corrected chi connectivity index (χ4v) is 6.95. The number of halogens is 1. The van der Waals surface area contributed by atoms with Crippen LogP contribution in [-0.4, -0.2) is 43.9 Å². The van der Waals surface area contributed by atoms with Gasteiger partial charge in [0.25, 0.3) is 0 Å². The lowest BCUT2D eigenvalue weighted by Crippen LogP contribution is -2.50. The molecule has 1 aliphatic heterocycles. The van der Waals surface area contributed by atoms with Crippen molar-refractivity contribution in [3.8, 4) is 11.4 Å². The molecule has 0 bridgehead atoms. The summed E-state index contributed by atoms with van der Waals surface area (Å²) in [6.45, 7) is 0.917. The van der Waals surface area contributed by atoms with Crippen molar-refractivity contribution in [3.05, 3.63) is 29.3 Å². The van der Waals surface area contributed by atoms with Gasteiger partial charge < -0.3 is 4.90 Å². The normalized spacial score (nSPS) is 24.4. The van der Waals surface area contributed by atoms with E-state index >= 15 is 0 Å². The van der Waals surface area contributed by atoms with E-state index in [0.29, 0.717) is 28.8 Å². The Hall–Kier alpha value is -1.53. The van der Waals surface area contributed by atoms with E-state index in [-0.39, 0.29) is 5.91 Å². The predicted molar refractivity (Wildman–Crippen MR) is 125 cm³/mol. The molecule has 1 saturated heterocycles. The van der Waals surface area contributed by atoms with E-state index in [2.05, 4.69) is 19.7 Å². The van der Waals surface area contributed by atoms with E-state index in [1.165, 1.54) is 44.9 Å². The summed E-state index contributed by atoms with van der Waals surface area (Å²) >= 11 is 8.04. The zero-order valence-corrected chi connectivity index (χ0v) is 19.6. The topological polar surface area (TPSA) is 51.0 Å². The summed E-state index contributed by atoms with van der Waals surface area (Å²) in [5, 5.41) is 10.6. The standard InChI is InChI=1S/C24H31ClN4OS/c25-20-13-5-4-12-19(20)23-26-27-24(29(23)18-10-2-3-11-18)31-16-22(30)28-15-7-9-17-8-1-6-14-21(17)28/h4-5,12-13,17-18,21H,1-3,6-11,14-16H2. The minimum atomic E-state index is 0.266. The maximum Gasteiger partial charge on any atom is 0.233 e. The average Bonchev–Trinajstić information content (AvgIpc) is 3.47. The Balaban J connectivity index is 1.35. The van der Waals surface area contributed by atoms with Gasteiger partial charge in [0.15, 0.2) is 11.0 Å². The molecule has 7 heteroatoms. The third-order valence-corrected chi connectivity index (χ3v) is 8.61. The highest BCUT2D eigenvalue weighted by atomic mass is 35.5. The number of amides is 1. The molecule has 3 fully saturated rings. The van der Waals surface area contributed by atoms with Gasteiger partial charge in [0, 0.05) is 24.2 Å². The molecule has 0 radical (unpaired) electrons. The molecule has 2 unspecified atom stereocenters. The van der Waals surface area contributed by atoms with Crippen molar-refractivity contribution in [1.29, 1.82) is 0 Å². The van der Waals surface area contributed by atoms with Crippen LogP contribution in [0.5, 0.6) is 0 Å². The lowest BCUT2D eigenvalue weighted by atomic mass is 9.78. The Bertz CT molecular complexity index is 924. The Labute approximate surface area is 193 Å². The molecule has 2 aliphatic carbocycles. The largest absolute Gasteiger partial charge is 0.339 e. The average molecular weight is 459 g/mol. The van der Waals surface area contributed by atoms with Crippen LogP contribution in [0.25, 0.3) is 11.4 Å². The zero-order valence-electron chi connectivity index (χ0n) is 18.0. The number of carbonyl (C=O) groups is 1. The molecule has 0 N–H and O–H groups in total. The van der Waals surface area contributed by atoms with Crippen molar-refractivity contribution >= 4 is 29.3 Å². The summed E-state index contributed by atoms with van der Waals surface area (Å²) in [5.74, 6) is 2.25. The Kier molecular flexibility index (Phi) is 6.56. The van der Waals surface area contributed by atoms with Gasteiger partial charge >= 0.3 is 0 Å². The number of likely N-dealkylation sites (tertiary alicyclic amines) is 1. The molecule has 2 atom stereocenters. The second-order valence-corrected chi connectivity index (χ2v) is 10.6. The van der Waals surface area contributed by atoms with Crippen molar-refractivity contribution in [2.24, 2.45) is 5.92 Å². The highest BCUT2D eigenvalue weighted by molar-refractivity contribution is 7.99. The quantitative estimate of drug-likeness (QED) is 0.516. The highest BCUT2D eigenvalue weighted by Crippen LogP contribution is 2.39. The number of carbonyl (C=O) groups excluding carboxylic acids is 1. The predicted octanol–water partition coefficient (Wildman–Crippen LogP) is 5.99. The molecule has 5 nitrogen and oxygen atoms in total. The molecule has 31 heavy (non-hydrogen) atoms. The lowest BCUT2D eigenvalue weighted by molar-refractivity contribution is -0.134. The van der Waals surface area contributed by atoms with Crippen LogP contribution in [0.15, 0.2) is 29.4 Å². The van der Waals surface area contributed by atoms with Gasteiger partial charge in [-0.1, -0.05) is 61.2 Å². The van der Waals surface area contributed by atoms with Crippen LogP contribution >= 0.6 is 23.4 Å². The molecular formula is C24H31ClN4OS. The number of hydrogen-bond donors (Lipinski definition) is 0. The summed E-state index contributed by atoms with van der Waals surface area (Å²) < 4.78 is 2.26. The van der Waals surface area contributed by atoms with E-state index in [1.54, 1.807) is 11.8 Å². The van der Waals surface area contributed by atoms with Crippen LogP contribution in [0.4, 0.5) is 0 Å². The van der Waals surface area contributed by atoms with E-state index < -0.39 is 0 Å². The second kappa shape index (κ2) is 9.53. The van der Waals surface area contributed by atoms with Crippen LogP contribution in [-0.2, 0) is 4.79 Å². The molecule has 2 saturated carbocycles. The summed E-state index contributed by atoms with van der Waals surface area (Å²) in [6.07, 6.45) is 12.2. The van der Waals surface area contributed by atoms with Crippen molar-refractivity contribution < 1.29 is 4.79 Å². The molecule has 5 rings (SSSR count). The number of thioether (sulfide) groups is 1. The highest BCUT2D eigenvalue weighted by Gasteiger charge is 2.36. The van der Waals surface area contributed by atoms with Crippen LogP contribution in [0.1, 0.15) is 70.3 Å². The smallest absolute Gasteiger partial charge is 0.233 e. The monoisotopic (exact) mass is 458 g/mol. The second-order valence-electron chi connectivity index (χ2n) is 9.22. The third-order valence-electron chi connectivity index (χ3n) is 7.36. The van der Waals surface area contributed by atoms with Crippen LogP contribution in [0.2, 0.25) is 5.02 Å². The first kappa shape index (κ1) is 21.3. The minimum Gasteiger partial charge on any atom is -0.339 e. The van der Waals surface area contributed by atoms with E-state index in [1.807, 2.05) is 24.3 Å². The maximum atomic E-state index is 13.2. The Morgan fingerprint density at radius 3 is 2.58 bits per heavy atom. The Morgan fingerprint density at radius 1 is 1.00 bits per heavy atom. The van der Waals surface area contributed by atoms with Crippen molar-refractivity contribution in [2.75, 3.05) is 12.3 Å². The number of rotatable bonds is 5. The van der Waals surface area contributed by atoms with Crippen LogP contribution in [0, 0.1) is 5.92 Å². The van der Waals surface area contributed by atoms with Gasteiger partial charge in [-0.05, 0) is 56.6 Å². The summed E-state index contributed by atoms with van der Waals surface area (Å²) in [6, 6.07) is 8.68. The van der Waals surface area contributed by atoms with Gasteiger partial charge in [-0.2, -0.15) is 0 Å². The number of nitrogens with zero attached hydrogens (tertiary/aromatic N) is 4. The van der Waals surface area contributed by atoms with Crippen molar-refractivity contribution in [3.63, 3.8) is 0 Å². The van der Waals surface area contributed by atoms with E-state index in [0.717, 1.165) is 42.4 Å². The number of fused-ring (bicyclic) bond motifs is 1. The minimum absolute atomic E-state index is 0.266. The van der Waals surface area contributed by atoms with Gasteiger partial charge in [-0.15, -0.1) is 10.2 Å². The molecular weight excluding hydrogens is 428 g/mol.